The summed E-state index contributed by atoms with van der Waals surface area (Å²) in [7, 11) is 1.49. The van der Waals surface area contributed by atoms with Crippen LogP contribution < -0.4 is 15.4 Å². The first kappa shape index (κ1) is 17.6. The SMILES string of the molecule is COc1ccc(Cl)cc1NC(=O)c1ccc(Nc2ccccc2F)nn1. The molecule has 1 heterocycles. The Morgan fingerprint density at radius 1 is 1.08 bits per heavy atom. The van der Waals surface area contributed by atoms with Crippen molar-refractivity contribution in [3.63, 3.8) is 0 Å². The van der Waals surface area contributed by atoms with Gasteiger partial charge in [-0.1, -0.05) is 23.7 Å². The van der Waals surface area contributed by atoms with Crippen LogP contribution in [0.5, 0.6) is 5.75 Å². The maximum absolute atomic E-state index is 13.6. The minimum absolute atomic E-state index is 0.0890. The van der Waals surface area contributed by atoms with Crippen LogP contribution in [0.1, 0.15) is 10.5 Å². The molecule has 1 amide bonds. The lowest BCUT2D eigenvalue weighted by atomic mass is 10.2. The number of nitrogens with one attached hydrogen (secondary N) is 2. The number of aromatic nitrogens is 2. The fourth-order valence-electron chi connectivity index (χ4n) is 2.18. The van der Waals surface area contributed by atoms with Crippen LogP contribution in [-0.4, -0.2) is 23.2 Å². The van der Waals surface area contributed by atoms with E-state index in [9.17, 15) is 9.18 Å². The molecular weight excluding hydrogens is 359 g/mol. The molecule has 2 aromatic carbocycles. The van der Waals surface area contributed by atoms with Gasteiger partial charge in [-0.15, -0.1) is 10.2 Å². The smallest absolute Gasteiger partial charge is 0.276 e. The molecule has 0 aliphatic carbocycles. The van der Waals surface area contributed by atoms with Crippen molar-refractivity contribution in [2.45, 2.75) is 0 Å². The second-order valence-corrected chi connectivity index (χ2v) is 5.64. The average Bonchev–Trinajstić information content (AvgIpc) is 2.64. The summed E-state index contributed by atoms with van der Waals surface area (Å²) in [4.78, 5) is 12.3. The lowest BCUT2D eigenvalue weighted by molar-refractivity contribution is 0.102. The van der Waals surface area contributed by atoms with E-state index in [1.54, 1.807) is 36.4 Å². The molecule has 0 saturated heterocycles. The molecule has 0 saturated carbocycles. The Bertz CT molecular complexity index is 935. The molecule has 132 valence electrons. The van der Waals surface area contributed by atoms with Gasteiger partial charge in [0.2, 0.25) is 0 Å². The van der Waals surface area contributed by atoms with Crippen molar-refractivity contribution in [2.75, 3.05) is 17.7 Å². The van der Waals surface area contributed by atoms with E-state index in [2.05, 4.69) is 20.8 Å². The van der Waals surface area contributed by atoms with E-state index in [0.717, 1.165) is 0 Å². The number of carbonyl (C=O) groups is 1. The highest BCUT2D eigenvalue weighted by molar-refractivity contribution is 6.31. The van der Waals surface area contributed by atoms with Crippen molar-refractivity contribution in [3.05, 3.63) is 71.1 Å². The third-order valence-electron chi connectivity index (χ3n) is 3.44. The van der Waals surface area contributed by atoms with Crippen molar-refractivity contribution in [1.29, 1.82) is 0 Å². The summed E-state index contributed by atoms with van der Waals surface area (Å²) in [6.45, 7) is 0. The van der Waals surface area contributed by atoms with Gasteiger partial charge in [-0.05, 0) is 42.5 Å². The van der Waals surface area contributed by atoms with Crippen LogP contribution in [0.3, 0.4) is 0 Å². The third kappa shape index (κ3) is 4.07. The van der Waals surface area contributed by atoms with Crippen molar-refractivity contribution in [2.24, 2.45) is 0 Å². The van der Waals surface area contributed by atoms with Gasteiger partial charge >= 0.3 is 0 Å². The number of amides is 1. The Hall–Kier alpha value is -3.19. The zero-order valence-corrected chi connectivity index (χ0v) is 14.4. The molecule has 3 rings (SSSR count). The molecule has 1 aromatic heterocycles. The molecule has 0 atom stereocenters. The average molecular weight is 373 g/mol. The lowest BCUT2D eigenvalue weighted by Gasteiger charge is -2.10. The summed E-state index contributed by atoms with van der Waals surface area (Å²) < 4.78 is 18.8. The highest BCUT2D eigenvalue weighted by Crippen LogP contribution is 2.28. The van der Waals surface area contributed by atoms with Gasteiger partial charge in [0.15, 0.2) is 11.5 Å². The molecule has 0 aliphatic rings. The summed E-state index contributed by atoms with van der Waals surface area (Å²) in [6.07, 6.45) is 0. The quantitative estimate of drug-likeness (QED) is 0.699. The molecule has 3 aromatic rings. The minimum atomic E-state index is -0.476. The van der Waals surface area contributed by atoms with Crippen LogP contribution in [0, 0.1) is 5.82 Å². The molecule has 0 spiro atoms. The van der Waals surface area contributed by atoms with Crippen molar-refractivity contribution in [3.8, 4) is 5.75 Å². The monoisotopic (exact) mass is 372 g/mol. The Kier molecular flexibility index (Phi) is 5.28. The minimum Gasteiger partial charge on any atom is -0.495 e. The summed E-state index contributed by atoms with van der Waals surface area (Å²) in [5.74, 6) is -0.111. The largest absolute Gasteiger partial charge is 0.495 e. The predicted molar refractivity (Wildman–Crippen MR) is 97.7 cm³/mol. The number of anilines is 3. The zero-order valence-electron chi connectivity index (χ0n) is 13.7. The van der Waals surface area contributed by atoms with E-state index in [1.807, 2.05) is 0 Å². The van der Waals surface area contributed by atoms with Crippen LogP contribution >= 0.6 is 11.6 Å². The fraction of sp³-hybridized carbons (Fsp3) is 0.0556. The summed E-state index contributed by atoms with van der Waals surface area (Å²) >= 11 is 5.94. The molecule has 8 heteroatoms. The van der Waals surface area contributed by atoms with Crippen molar-refractivity contribution in [1.82, 2.24) is 10.2 Å². The highest BCUT2D eigenvalue weighted by atomic mass is 35.5. The predicted octanol–water partition coefficient (Wildman–Crippen LogP) is 4.27. The molecule has 0 radical (unpaired) electrons. The van der Waals surface area contributed by atoms with E-state index in [1.165, 1.54) is 25.3 Å². The molecule has 0 unspecified atom stereocenters. The molecule has 26 heavy (non-hydrogen) atoms. The number of benzene rings is 2. The van der Waals surface area contributed by atoms with Gasteiger partial charge in [-0.2, -0.15) is 0 Å². The molecule has 6 nitrogen and oxygen atoms in total. The van der Waals surface area contributed by atoms with Gasteiger partial charge in [-0.25, -0.2) is 4.39 Å². The Labute approximate surface area is 154 Å². The van der Waals surface area contributed by atoms with Crippen LogP contribution in [0.4, 0.5) is 21.6 Å². The summed E-state index contributed by atoms with van der Waals surface area (Å²) in [5, 5.41) is 13.7. The maximum Gasteiger partial charge on any atom is 0.276 e. The zero-order chi connectivity index (χ0) is 18.5. The second kappa shape index (κ2) is 7.79. The normalized spacial score (nSPS) is 10.3. The summed E-state index contributed by atoms with van der Waals surface area (Å²) in [5.41, 5.74) is 0.772. The highest BCUT2D eigenvalue weighted by Gasteiger charge is 2.12. The van der Waals surface area contributed by atoms with Gasteiger partial charge in [0, 0.05) is 5.02 Å². The molecule has 0 aliphatic heterocycles. The van der Waals surface area contributed by atoms with Gasteiger partial charge < -0.3 is 15.4 Å². The Morgan fingerprint density at radius 3 is 2.58 bits per heavy atom. The van der Waals surface area contributed by atoms with E-state index in [-0.39, 0.29) is 11.4 Å². The van der Waals surface area contributed by atoms with E-state index >= 15 is 0 Å². The first-order chi connectivity index (χ1) is 12.6. The molecule has 0 fully saturated rings. The van der Waals surface area contributed by atoms with Crippen LogP contribution in [0.25, 0.3) is 0 Å². The standard InChI is InChI=1S/C18H14ClFN4O2/c1-26-16-8-6-11(19)10-15(16)22-18(25)14-7-9-17(24-23-14)21-13-5-3-2-4-12(13)20/h2-10H,1H3,(H,21,24)(H,22,25). The van der Waals surface area contributed by atoms with Gasteiger partial charge in [0.1, 0.15) is 11.6 Å². The first-order valence-electron chi connectivity index (χ1n) is 7.57. The van der Waals surface area contributed by atoms with E-state index < -0.39 is 11.7 Å². The van der Waals surface area contributed by atoms with Gasteiger partial charge in [0.05, 0.1) is 18.5 Å². The Morgan fingerprint density at radius 2 is 1.88 bits per heavy atom. The number of hydrogen-bond donors (Lipinski definition) is 2. The van der Waals surface area contributed by atoms with Gasteiger partial charge in [-0.3, -0.25) is 4.79 Å². The topological polar surface area (TPSA) is 76.1 Å². The molecular formula is C18H14ClFN4O2. The van der Waals surface area contributed by atoms with Crippen LogP contribution in [-0.2, 0) is 0 Å². The number of carbonyl (C=O) groups excluding carboxylic acids is 1. The van der Waals surface area contributed by atoms with E-state index in [4.69, 9.17) is 16.3 Å². The number of rotatable bonds is 5. The lowest BCUT2D eigenvalue weighted by Crippen LogP contribution is -2.15. The Balaban J connectivity index is 1.73. The van der Waals surface area contributed by atoms with Crippen LogP contribution in [0.15, 0.2) is 54.6 Å². The maximum atomic E-state index is 13.6. The number of methoxy groups -OCH3 is 1. The fourth-order valence-corrected chi connectivity index (χ4v) is 2.36. The van der Waals surface area contributed by atoms with Crippen molar-refractivity contribution >= 4 is 34.7 Å². The summed E-state index contributed by atoms with van der Waals surface area (Å²) in [6, 6.07) is 14.1. The van der Waals surface area contributed by atoms with Crippen molar-refractivity contribution < 1.29 is 13.9 Å². The van der Waals surface area contributed by atoms with E-state index in [0.29, 0.717) is 22.3 Å². The number of hydrogen-bond acceptors (Lipinski definition) is 5. The second-order valence-electron chi connectivity index (χ2n) is 5.21. The number of ether oxygens (including phenoxy) is 1. The van der Waals surface area contributed by atoms with Crippen LogP contribution in [0.2, 0.25) is 5.02 Å². The number of halogens is 2. The molecule has 0 bridgehead atoms. The molecule has 2 N–H and O–H groups in total. The number of nitrogens with zero attached hydrogens (tertiary/aromatic N) is 2. The van der Waals surface area contributed by atoms with Gasteiger partial charge in [0.25, 0.3) is 5.91 Å². The first-order valence-corrected chi connectivity index (χ1v) is 7.95. The number of para-hydroxylation sites is 1. The third-order valence-corrected chi connectivity index (χ3v) is 3.68.